The first-order chi connectivity index (χ1) is 16.5. The van der Waals surface area contributed by atoms with Crippen LogP contribution in [-0.2, 0) is 0 Å². The molecule has 0 bridgehead atoms. The first-order valence-electron chi connectivity index (χ1n) is 10.6. The predicted molar refractivity (Wildman–Crippen MR) is 129 cm³/mol. The van der Waals surface area contributed by atoms with Gasteiger partial charge >= 0.3 is 0 Å². The van der Waals surface area contributed by atoms with Crippen LogP contribution in [0.25, 0.3) is 0 Å². The first kappa shape index (κ1) is 21.0. The van der Waals surface area contributed by atoms with Crippen molar-refractivity contribution in [3.63, 3.8) is 0 Å². The lowest BCUT2D eigenvalue weighted by molar-refractivity contribution is 0.0977. The summed E-state index contributed by atoms with van der Waals surface area (Å²) in [6, 6.07) is 26.7. The van der Waals surface area contributed by atoms with E-state index in [2.05, 4.69) is 10.6 Å². The summed E-state index contributed by atoms with van der Waals surface area (Å²) in [5.74, 6) is -1.63. The van der Waals surface area contributed by atoms with Crippen LogP contribution in [0.15, 0.2) is 97.1 Å². The third-order valence-corrected chi connectivity index (χ3v) is 5.64. The molecule has 0 heterocycles. The predicted octanol–water partition coefficient (Wildman–Crippen LogP) is 4.97. The van der Waals surface area contributed by atoms with Crippen LogP contribution in [0.1, 0.15) is 52.6 Å². The third-order valence-electron chi connectivity index (χ3n) is 5.64. The maximum atomic E-state index is 13.5. The summed E-state index contributed by atoms with van der Waals surface area (Å²) in [7, 11) is 0. The zero-order valence-electron chi connectivity index (χ0n) is 17.9. The van der Waals surface area contributed by atoms with Crippen molar-refractivity contribution in [1.29, 1.82) is 0 Å². The highest BCUT2D eigenvalue weighted by molar-refractivity contribution is 6.33. The maximum Gasteiger partial charge on any atom is 0.255 e. The van der Waals surface area contributed by atoms with Gasteiger partial charge in [0.2, 0.25) is 0 Å². The van der Waals surface area contributed by atoms with Gasteiger partial charge in [0, 0.05) is 22.3 Å². The molecule has 0 saturated carbocycles. The molecule has 0 unspecified atom stereocenters. The number of benzene rings is 4. The molecule has 5 rings (SSSR count). The summed E-state index contributed by atoms with van der Waals surface area (Å²) in [4.78, 5) is 52.6. The van der Waals surface area contributed by atoms with E-state index < -0.39 is 23.4 Å². The van der Waals surface area contributed by atoms with Gasteiger partial charge in [-0.2, -0.15) is 0 Å². The molecular formula is C28H18N2O4. The van der Waals surface area contributed by atoms with Crippen molar-refractivity contribution >= 4 is 34.8 Å². The van der Waals surface area contributed by atoms with Crippen molar-refractivity contribution in [2.24, 2.45) is 0 Å². The van der Waals surface area contributed by atoms with Crippen LogP contribution < -0.4 is 10.6 Å². The van der Waals surface area contributed by atoms with Gasteiger partial charge in [-0.25, -0.2) is 0 Å². The molecule has 1 aliphatic rings. The molecule has 0 saturated heterocycles. The number of rotatable bonds is 4. The second kappa shape index (κ2) is 8.60. The summed E-state index contributed by atoms with van der Waals surface area (Å²) >= 11 is 0. The summed E-state index contributed by atoms with van der Waals surface area (Å²) in [6.45, 7) is 0. The Labute approximate surface area is 195 Å². The highest BCUT2D eigenvalue weighted by Gasteiger charge is 2.34. The standard InChI is InChI=1S/C28H18N2O4/c31-25-19-13-7-8-14-20(19)26(32)24-22(30-28(34)18-11-5-2-6-12-18)16-15-21(23(24)25)29-27(33)17-9-3-1-4-10-17/h1-16H,(H,29,33)(H,30,34). The van der Waals surface area contributed by atoms with Crippen LogP contribution >= 0.6 is 0 Å². The number of carbonyl (C=O) groups is 4. The molecule has 4 aromatic rings. The first-order valence-corrected chi connectivity index (χ1v) is 10.6. The van der Waals surface area contributed by atoms with E-state index in [4.69, 9.17) is 0 Å². The Morgan fingerprint density at radius 3 is 1.21 bits per heavy atom. The highest BCUT2D eigenvalue weighted by Crippen LogP contribution is 2.37. The molecule has 0 aliphatic heterocycles. The zero-order chi connectivity index (χ0) is 23.7. The smallest absolute Gasteiger partial charge is 0.255 e. The van der Waals surface area contributed by atoms with Crippen LogP contribution in [0.2, 0.25) is 0 Å². The van der Waals surface area contributed by atoms with Crippen molar-refractivity contribution in [3.8, 4) is 0 Å². The van der Waals surface area contributed by atoms with Gasteiger partial charge < -0.3 is 10.6 Å². The number of nitrogens with one attached hydrogen (secondary N) is 2. The van der Waals surface area contributed by atoms with Crippen LogP contribution in [0, 0.1) is 0 Å². The Kier molecular flexibility index (Phi) is 5.32. The molecular weight excluding hydrogens is 428 g/mol. The minimum absolute atomic E-state index is 0.0545. The second-order valence-corrected chi connectivity index (χ2v) is 7.75. The van der Waals surface area contributed by atoms with E-state index in [9.17, 15) is 19.2 Å². The van der Waals surface area contributed by atoms with Crippen LogP contribution in [0.4, 0.5) is 11.4 Å². The number of anilines is 2. The number of ketones is 2. The Morgan fingerprint density at radius 1 is 0.471 bits per heavy atom. The average Bonchev–Trinajstić information content (AvgIpc) is 2.89. The largest absolute Gasteiger partial charge is 0.321 e. The lowest BCUT2D eigenvalue weighted by Gasteiger charge is -2.23. The lowest BCUT2D eigenvalue weighted by atomic mass is 9.82. The van der Waals surface area contributed by atoms with Crippen LogP contribution in [0.3, 0.4) is 0 Å². The minimum atomic E-state index is -0.414. The molecule has 2 N–H and O–H groups in total. The highest BCUT2D eigenvalue weighted by atomic mass is 16.2. The van der Waals surface area contributed by atoms with Gasteiger partial charge in [0.1, 0.15) is 0 Å². The summed E-state index contributed by atoms with van der Waals surface area (Å²) < 4.78 is 0. The number of hydrogen-bond donors (Lipinski definition) is 2. The Bertz CT molecular complexity index is 1350. The molecule has 4 aromatic carbocycles. The SMILES string of the molecule is O=C(Nc1ccc(NC(=O)c2ccccc2)c2c1C(=O)c1ccccc1C2=O)c1ccccc1. The molecule has 0 spiro atoms. The van der Waals surface area contributed by atoms with E-state index in [0.717, 1.165) is 0 Å². The van der Waals surface area contributed by atoms with Gasteiger partial charge in [0.15, 0.2) is 11.6 Å². The monoisotopic (exact) mass is 446 g/mol. The van der Waals surface area contributed by atoms with E-state index in [1.54, 1.807) is 84.9 Å². The number of fused-ring (bicyclic) bond motifs is 2. The molecule has 0 radical (unpaired) electrons. The van der Waals surface area contributed by atoms with E-state index >= 15 is 0 Å². The van der Waals surface area contributed by atoms with E-state index in [1.807, 2.05) is 0 Å². The number of amides is 2. The lowest BCUT2D eigenvalue weighted by Crippen LogP contribution is -2.26. The zero-order valence-corrected chi connectivity index (χ0v) is 17.9. The Morgan fingerprint density at radius 2 is 0.824 bits per heavy atom. The third kappa shape index (κ3) is 3.67. The normalized spacial score (nSPS) is 11.9. The van der Waals surface area contributed by atoms with Crippen molar-refractivity contribution < 1.29 is 19.2 Å². The summed E-state index contributed by atoms with van der Waals surface area (Å²) in [6.07, 6.45) is 0. The van der Waals surface area contributed by atoms with Crippen LogP contribution in [-0.4, -0.2) is 23.4 Å². The fourth-order valence-corrected chi connectivity index (χ4v) is 4.00. The van der Waals surface area contributed by atoms with Gasteiger partial charge in [0.05, 0.1) is 22.5 Å². The quantitative estimate of drug-likeness (QED) is 0.408. The molecule has 0 aromatic heterocycles. The average molecular weight is 446 g/mol. The minimum Gasteiger partial charge on any atom is -0.321 e. The van der Waals surface area contributed by atoms with Gasteiger partial charge in [-0.05, 0) is 36.4 Å². The maximum absolute atomic E-state index is 13.5. The van der Waals surface area contributed by atoms with Crippen molar-refractivity contribution in [2.75, 3.05) is 10.6 Å². The molecule has 6 heteroatoms. The molecule has 2 amide bonds. The number of hydrogen-bond acceptors (Lipinski definition) is 4. The topological polar surface area (TPSA) is 92.3 Å². The van der Waals surface area contributed by atoms with E-state index in [1.165, 1.54) is 12.1 Å². The van der Waals surface area contributed by atoms with Gasteiger partial charge in [-0.15, -0.1) is 0 Å². The fourth-order valence-electron chi connectivity index (χ4n) is 4.00. The van der Waals surface area contributed by atoms with Crippen molar-refractivity contribution in [1.82, 2.24) is 0 Å². The molecule has 164 valence electrons. The molecule has 34 heavy (non-hydrogen) atoms. The fraction of sp³-hybridized carbons (Fsp3) is 0. The summed E-state index contributed by atoms with van der Waals surface area (Å²) in [5, 5.41) is 5.51. The number of carbonyl (C=O) groups excluding carboxylic acids is 4. The molecule has 6 nitrogen and oxygen atoms in total. The van der Waals surface area contributed by atoms with Crippen LogP contribution in [0.5, 0.6) is 0 Å². The van der Waals surface area contributed by atoms with E-state index in [0.29, 0.717) is 11.1 Å². The molecule has 0 fully saturated rings. The van der Waals surface area contributed by atoms with Gasteiger partial charge in [-0.3, -0.25) is 19.2 Å². The molecule has 1 aliphatic carbocycles. The van der Waals surface area contributed by atoms with Crippen molar-refractivity contribution in [2.45, 2.75) is 0 Å². The van der Waals surface area contributed by atoms with Gasteiger partial charge in [-0.1, -0.05) is 60.7 Å². The van der Waals surface area contributed by atoms with Crippen molar-refractivity contribution in [3.05, 3.63) is 130 Å². The second-order valence-electron chi connectivity index (χ2n) is 7.75. The summed E-state index contributed by atoms with van der Waals surface area (Å²) in [5.41, 5.74) is 1.84. The Hall–Kier alpha value is -4.84. The van der Waals surface area contributed by atoms with Gasteiger partial charge in [0.25, 0.3) is 11.8 Å². The Balaban J connectivity index is 1.61. The molecule has 0 atom stereocenters. The van der Waals surface area contributed by atoms with E-state index in [-0.39, 0.29) is 33.6 Å².